The van der Waals surface area contributed by atoms with Crippen molar-refractivity contribution >= 4 is 55.7 Å². The molecule has 0 radical (unpaired) electrons. The Bertz CT molecular complexity index is 2280. The second-order valence-electron chi connectivity index (χ2n) is 12.0. The molecule has 224 valence electrons. The van der Waals surface area contributed by atoms with Crippen LogP contribution >= 0.6 is 0 Å². The molecule has 47 heavy (non-hydrogen) atoms. The van der Waals surface area contributed by atoms with Crippen LogP contribution in [0.4, 0.5) is 34.1 Å². The molecule has 0 aliphatic rings. The zero-order valence-electron chi connectivity index (χ0n) is 26.3. The molecule has 2 nitrogen and oxygen atoms in total. The molecule has 0 atom stereocenters. The van der Waals surface area contributed by atoms with Gasteiger partial charge in [-0.2, -0.15) is 0 Å². The monoisotopic (exact) mass is 602 g/mol. The van der Waals surface area contributed by atoms with Crippen LogP contribution in [0.1, 0.15) is 5.56 Å². The molecular formula is C45H34N2. The third-order valence-corrected chi connectivity index (χ3v) is 8.89. The van der Waals surface area contributed by atoms with Crippen LogP contribution in [0, 0.1) is 6.92 Å². The lowest BCUT2D eigenvalue weighted by molar-refractivity contribution is 1.26. The number of hydrogen-bond acceptors (Lipinski definition) is 2. The highest BCUT2D eigenvalue weighted by Crippen LogP contribution is 2.42. The predicted octanol–water partition coefficient (Wildman–Crippen LogP) is 12.9. The average molecular weight is 603 g/mol. The number of hydrogen-bond donors (Lipinski definition) is 0. The molecule has 0 aromatic heterocycles. The van der Waals surface area contributed by atoms with Gasteiger partial charge in [-0.25, -0.2) is 0 Å². The summed E-state index contributed by atoms with van der Waals surface area (Å²) in [5.74, 6) is 0. The molecule has 8 aromatic carbocycles. The van der Waals surface area contributed by atoms with Crippen molar-refractivity contribution in [3.05, 3.63) is 194 Å². The van der Waals surface area contributed by atoms with Crippen molar-refractivity contribution in [3.63, 3.8) is 0 Å². The Morgan fingerprint density at radius 3 is 1.51 bits per heavy atom. The van der Waals surface area contributed by atoms with Gasteiger partial charge in [0.25, 0.3) is 0 Å². The molecule has 0 spiro atoms. The molecule has 0 bridgehead atoms. The largest absolute Gasteiger partial charge is 0.310 e. The van der Waals surface area contributed by atoms with E-state index < -0.39 is 0 Å². The summed E-state index contributed by atoms with van der Waals surface area (Å²) in [7, 11) is 0. The van der Waals surface area contributed by atoms with Crippen LogP contribution in [0.15, 0.2) is 188 Å². The van der Waals surface area contributed by atoms with Crippen molar-refractivity contribution in [2.24, 2.45) is 0 Å². The van der Waals surface area contributed by atoms with Crippen LogP contribution in [0.5, 0.6) is 0 Å². The van der Waals surface area contributed by atoms with Gasteiger partial charge in [-0.1, -0.05) is 127 Å². The number of nitrogens with zero attached hydrogens (tertiary/aromatic N) is 2. The average Bonchev–Trinajstić information content (AvgIpc) is 3.14. The molecule has 0 unspecified atom stereocenters. The molecule has 0 amide bonds. The standard InChI is InChI=1S/C45H34N2/c1-33-18-20-35(21-19-33)36-22-25-41(26-23-36)47(45-17-9-13-37-11-7-8-16-44(37)45)42-30-28-40(29-31-42)46(39-14-3-2-4-15-39)43-27-24-34-10-5-6-12-38(34)32-43/h2-32H,1H3. The van der Waals surface area contributed by atoms with Gasteiger partial charge in [-0.05, 0) is 101 Å². The predicted molar refractivity (Wildman–Crippen MR) is 201 cm³/mol. The molecule has 0 N–H and O–H groups in total. The van der Waals surface area contributed by atoms with Crippen LogP contribution < -0.4 is 9.80 Å². The molecule has 0 fully saturated rings. The smallest absolute Gasteiger partial charge is 0.0540 e. The highest BCUT2D eigenvalue weighted by molar-refractivity contribution is 5.99. The second-order valence-corrected chi connectivity index (χ2v) is 12.0. The number of benzene rings is 8. The van der Waals surface area contributed by atoms with E-state index in [0.717, 1.165) is 34.1 Å². The van der Waals surface area contributed by atoms with E-state index in [2.05, 4.69) is 205 Å². The number of anilines is 6. The summed E-state index contributed by atoms with van der Waals surface area (Å²) in [6, 6.07) is 67.6. The van der Waals surface area contributed by atoms with Gasteiger partial charge in [0.15, 0.2) is 0 Å². The van der Waals surface area contributed by atoms with Crippen molar-refractivity contribution in [1.29, 1.82) is 0 Å². The quantitative estimate of drug-likeness (QED) is 0.179. The lowest BCUT2D eigenvalue weighted by Crippen LogP contribution is -2.12. The molecule has 0 saturated carbocycles. The summed E-state index contributed by atoms with van der Waals surface area (Å²) in [5.41, 5.74) is 10.4. The maximum absolute atomic E-state index is 2.37. The Morgan fingerprint density at radius 1 is 0.319 bits per heavy atom. The Kier molecular flexibility index (Phi) is 7.45. The maximum Gasteiger partial charge on any atom is 0.0540 e. The number of para-hydroxylation sites is 1. The van der Waals surface area contributed by atoms with Crippen molar-refractivity contribution in [1.82, 2.24) is 0 Å². The van der Waals surface area contributed by atoms with Gasteiger partial charge >= 0.3 is 0 Å². The van der Waals surface area contributed by atoms with Gasteiger partial charge in [-0.3, -0.25) is 0 Å². The fraction of sp³-hybridized carbons (Fsp3) is 0.0222. The summed E-state index contributed by atoms with van der Waals surface area (Å²) in [6.07, 6.45) is 0. The second kappa shape index (κ2) is 12.3. The van der Waals surface area contributed by atoms with Crippen LogP contribution in [0.3, 0.4) is 0 Å². The van der Waals surface area contributed by atoms with E-state index in [1.165, 1.54) is 38.2 Å². The minimum atomic E-state index is 1.10. The van der Waals surface area contributed by atoms with Crippen LogP contribution in [-0.2, 0) is 0 Å². The molecule has 0 aliphatic heterocycles. The molecule has 0 saturated heterocycles. The van der Waals surface area contributed by atoms with E-state index >= 15 is 0 Å². The molecule has 0 aliphatic carbocycles. The van der Waals surface area contributed by atoms with E-state index in [4.69, 9.17) is 0 Å². The summed E-state index contributed by atoms with van der Waals surface area (Å²) in [6.45, 7) is 2.13. The fourth-order valence-electron chi connectivity index (χ4n) is 6.47. The topological polar surface area (TPSA) is 6.48 Å². The highest BCUT2D eigenvalue weighted by atomic mass is 15.2. The molecule has 0 heterocycles. The Morgan fingerprint density at radius 2 is 0.809 bits per heavy atom. The minimum absolute atomic E-state index is 1.10. The third-order valence-electron chi connectivity index (χ3n) is 8.89. The van der Waals surface area contributed by atoms with E-state index in [-0.39, 0.29) is 0 Å². The van der Waals surface area contributed by atoms with Gasteiger partial charge in [-0.15, -0.1) is 0 Å². The van der Waals surface area contributed by atoms with Crippen molar-refractivity contribution in [2.45, 2.75) is 6.92 Å². The third kappa shape index (κ3) is 5.62. The lowest BCUT2D eigenvalue weighted by Gasteiger charge is -2.29. The number of fused-ring (bicyclic) bond motifs is 2. The van der Waals surface area contributed by atoms with E-state index in [1.54, 1.807) is 0 Å². The molecule has 2 heteroatoms. The first-order valence-electron chi connectivity index (χ1n) is 16.1. The van der Waals surface area contributed by atoms with Crippen molar-refractivity contribution < 1.29 is 0 Å². The summed E-state index contributed by atoms with van der Waals surface area (Å²) < 4.78 is 0. The summed E-state index contributed by atoms with van der Waals surface area (Å²) in [5, 5.41) is 4.88. The first-order valence-corrected chi connectivity index (χ1v) is 16.1. The van der Waals surface area contributed by atoms with Gasteiger partial charge in [0.05, 0.1) is 5.69 Å². The van der Waals surface area contributed by atoms with Crippen molar-refractivity contribution in [3.8, 4) is 11.1 Å². The number of aryl methyl sites for hydroxylation is 1. The van der Waals surface area contributed by atoms with Gasteiger partial charge < -0.3 is 9.80 Å². The Balaban J connectivity index is 1.23. The van der Waals surface area contributed by atoms with Gasteiger partial charge in [0.1, 0.15) is 0 Å². The normalized spacial score (nSPS) is 11.1. The van der Waals surface area contributed by atoms with Gasteiger partial charge in [0, 0.05) is 33.8 Å². The Hall–Kier alpha value is -6.12. The zero-order valence-corrected chi connectivity index (χ0v) is 26.3. The fourth-order valence-corrected chi connectivity index (χ4v) is 6.47. The highest BCUT2D eigenvalue weighted by Gasteiger charge is 2.18. The maximum atomic E-state index is 2.37. The molecular weight excluding hydrogens is 569 g/mol. The van der Waals surface area contributed by atoms with Crippen LogP contribution in [0.2, 0.25) is 0 Å². The molecule has 8 aromatic rings. The number of rotatable bonds is 7. The first kappa shape index (κ1) is 28.4. The van der Waals surface area contributed by atoms with Gasteiger partial charge in [0.2, 0.25) is 0 Å². The van der Waals surface area contributed by atoms with Crippen LogP contribution in [-0.4, -0.2) is 0 Å². The summed E-state index contributed by atoms with van der Waals surface area (Å²) in [4.78, 5) is 4.70. The van der Waals surface area contributed by atoms with E-state index in [9.17, 15) is 0 Å². The summed E-state index contributed by atoms with van der Waals surface area (Å²) >= 11 is 0. The first-order chi connectivity index (χ1) is 23.2. The van der Waals surface area contributed by atoms with E-state index in [1.807, 2.05) is 0 Å². The minimum Gasteiger partial charge on any atom is -0.310 e. The molecule has 8 rings (SSSR count). The Labute approximate surface area is 276 Å². The lowest BCUT2D eigenvalue weighted by atomic mass is 10.0. The van der Waals surface area contributed by atoms with Crippen molar-refractivity contribution in [2.75, 3.05) is 9.80 Å². The van der Waals surface area contributed by atoms with E-state index in [0.29, 0.717) is 0 Å². The van der Waals surface area contributed by atoms with Crippen LogP contribution in [0.25, 0.3) is 32.7 Å². The zero-order chi connectivity index (χ0) is 31.6. The SMILES string of the molecule is Cc1ccc(-c2ccc(N(c3ccc(N(c4ccccc4)c4ccc5ccccc5c4)cc3)c3cccc4ccccc34)cc2)cc1.